The van der Waals surface area contributed by atoms with E-state index in [0.717, 1.165) is 41.2 Å². The molecule has 0 fully saturated rings. The van der Waals surface area contributed by atoms with Crippen LogP contribution >= 0.6 is 0 Å². The fourth-order valence-corrected chi connectivity index (χ4v) is 3.88. The van der Waals surface area contributed by atoms with Crippen molar-refractivity contribution in [3.05, 3.63) is 59.2 Å². The van der Waals surface area contributed by atoms with Gasteiger partial charge in [0.25, 0.3) is 0 Å². The van der Waals surface area contributed by atoms with Gasteiger partial charge in [0.15, 0.2) is 11.6 Å². The molecule has 1 unspecified atom stereocenters. The highest BCUT2D eigenvalue weighted by Crippen LogP contribution is 2.41. The standard InChI is InChI=1S/C21H20N4O3/c1-12-6-11-17(28-12)19-18-15(4-3-5-16(18)26)22-21-23-20(24-25(19)21)13-7-9-14(27-2)10-8-13/h6-11,19H,3-5H2,1-2H3,(H,22,23,24). The molecule has 0 spiro atoms. The number of fused-ring (bicyclic) bond motifs is 1. The van der Waals surface area contributed by atoms with Crippen molar-refractivity contribution in [3.8, 4) is 17.1 Å². The lowest BCUT2D eigenvalue weighted by Crippen LogP contribution is -2.31. The third kappa shape index (κ3) is 2.62. The Morgan fingerprint density at radius 2 is 2.00 bits per heavy atom. The topological polar surface area (TPSA) is 82.2 Å². The van der Waals surface area contributed by atoms with Crippen molar-refractivity contribution in [1.82, 2.24) is 14.8 Å². The molecular formula is C21H20N4O3. The number of anilines is 1. The zero-order valence-corrected chi connectivity index (χ0v) is 15.7. The molecule has 3 aromatic rings. The molecule has 1 aliphatic heterocycles. The monoisotopic (exact) mass is 376 g/mol. The van der Waals surface area contributed by atoms with Crippen molar-refractivity contribution in [2.75, 3.05) is 12.4 Å². The van der Waals surface area contributed by atoms with Crippen molar-refractivity contribution in [2.45, 2.75) is 32.2 Å². The maximum atomic E-state index is 12.8. The summed E-state index contributed by atoms with van der Waals surface area (Å²) in [4.78, 5) is 17.4. The van der Waals surface area contributed by atoms with Crippen LogP contribution in [0.25, 0.3) is 11.4 Å². The quantitative estimate of drug-likeness (QED) is 0.747. The Kier molecular flexibility index (Phi) is 3.82. The molecule has 0 radical (unpaired) electrons. The molecule has 0 bridgehead atoms. The average molecular weight is 376 g/mol. The SMILES string of the molecule is COc1ccc(-c2nc3n(n2)C(c2ccc(C)o2)C2=C(CCCC2=O)N3)cc1. The summed E-state index contributed by atoms with van der Waals surface area (Å²) in [7, 11) is 1.63. The summed E-state index contributed by atoms with van der Waals surface area (Å²) in [6.45, 7) is 1.90. The summed E-state index contributed by atoms with van der Waals surface area (Å²) in [5.41, 5.74) is 2.54. The second-order valence-corrected chi connectivity index (χ2v) is 7.08. The predicted molar refractivity (Wildman–Crippen MR) is 103 cm³/mol. The number of methoxy groups -OCH3 is 1. The number of nitrogens with one attached hydrogen (secondary N) is 1. The molecule has 5 rings (SSSR count). The van der Waals surface area contributed by atoms with Gasteiger partial charge in [-0.05, 0) is 56.2 Å². The number of furan rings is 1. The van der Waals surface area contributed by atoms with Crippen LogP contribution < -0.4 is 10.1 Å². The molecular weight excluding hydrogens is 356 g/mol. The third-order valence-corrected chi connectivity index (χ3v) is 5.25. The minimum Gasteiger partial charge on any atom is -0.497 e. The highest BCUT2D eigenvalue weighted by molar-refractivity contribution is 5.99. The first-order chi connectivity index (χ1) is 13.6. The van der Waals surface area contributed by atoms with Gasteiger partial charge in [-0.1, -0.05) is 0 Å². The second kappa shape index (κ2) is 6.37. The van der Waals surface area contributed by atoms with Crippen molar-refractivity contribution in [1.29, 1.82) is 0 Å². The molecule has 0 saturated carbocycles. The molecule has 0 saturated heterocycles. The van der Waals surface area contributed by atoms with Gasteiger partial charge < -0.3 is 14.5 Å². The van der Waals surface area contributed by atoms with E-state index in [1.807, 2.05) is 43.3 Å². The van der Waals surface area contributed by atoms with Gasteiger partial charge in [0.2, 0.25) is 5.95 Å². The fraction of sp³-hybridized carbons (Fsp3) is 0.286. The van der Waals surface area contributed by atoms with Gasteiger partial charge in [0.05, 0.1) is 7.11 Å². The Balaban J connectivity index is 1.63. The summed E-state index contributed by atoms with van der Waals surface area (Å²) in [5.74, 6) is 3.63. The van der Waals surface area contributed by atoms with Crippen molar-refractivity contribution < 1.29 is 13.9 Å². The van der Waals surface area contributed by atoms with Gasteiger partial charge in [-0.3, -0.25) is 4.79 Å². The lowest BCUT2D eigenvalue weighted by atomic mass is 9.88. The number of aromatic nitrogens is 3. The maximum Gasteiger partial charge on any atom is 0.227 e. The number of allylic oxidation sites excluding steroid dienone is 2. The van der Waals surface area contributed by atoms with E-state index in [1.165, 1.54) is 0 Å². The van der Waals surface area contributed by atoms with E-state index in [-0.39, 0.29) is 5.78 Å². The second-order valence-electron chi connectivity index (χ2n) is 7.08. The molecule has 28 heavy (non-hydrogen) atoms. The van der Waals surface area contributed by atoms with Gasteiger partial charge >= 0.3 is 0 Å². The Bertz CT molecular complexity index is 1090. The zero-order chi connectivity index (χ0) is 19.3. The van der Waals surface area contributed by atoms with Crippen molar-refractivity contribution in [2.24, 2.45) is 0 Å². The number of carbonyl (C=O) groups excluding carboxylic acids is 1. The summed E-state index contributed by atoms with van der Waals surface area (Å²) >= 11 is 0. The molecule has 1 aromatic carbocycles. The van der Waals surface area contributed by atoms with E-state index in [2.05, 4.69) is 10.3 Å². The first kappa shape index (κ1) is 16.8. The number of hydrogen-bond donors (Lipinski definition) is 1. The summed E-state index contributed by atoms with van der Waals surface area (Å²) in [6, 6.07) is 11.0. The van der Waals surface area contributed by atoms with E-state index in [4.69, 9.17) is 14.3 Å². The number of ketones is 1. The Labute approximate surface area is 162 Å². The molecule has 1 atom stereocenters. The van der Waals surface area contributed by atoms with Gasteiger partial charge in [-0.2, -0.15) is 4.98 Å². The number of rotatable bonds is 3. The average Bonchev–Trinajstić information content (AvgIpc) is 3.32. The van der Waals surface area contributed by atoms with E-state index >= 15 is 0 Å². The Hall–Kier alpha value is -3.35. The predicted octanol–water partition coefficient (Wildman–Crippen LogP) is 3.88. The molecule has 1 N–H and O–H groups in total. The van der Waals surface area contributed by atoms with Crippen LogP contribution in [0, 0.1) is 6.92 Å². The molecule has 2 aromatic heterocycles. The van der Waals surface area contributed by atoms with E-state index in [0.29, 0.717) is 24.0 Å². The molecule has 7 nitrogen and oxygen atoms in total. The van der Waals surface area contributed by atoms with Crippen LogP contribution in [0.4, 0.5) is 5.95 Å². The van der Waals surface area contributed by atoms with Crippen molar-refractivity contribution in [3.63, 3.8) is 0 Å². The Morgan fingerprint density at radius 1 is 1.18 bits per heavy atom. The minimum absolute atomic E-state index is 0.139. The van der Waals surface area contributed by atoms with Gasteiger partial charge in [0, 0.05) is 23.3 Å². The van der Waals surface area contributed by atoms with Crippen molar-refractivity contribution >= 4 is 11.7 Å². The van der Waals surface area contributed by atoms with Gasteiger partial charge in [-0.25, -0.2) is 4.68 Å². The first-order valence-corrected chi connectivity index (χ1v) is 9.34. The smallest absolute Gasteiger partial charge is 0.227 e. The number of hydrogen-bond acceptors (Lipinski definition) is 6. The molecule has 1 aliphatic carbocycles. The number of carbonyl (C=O) groups is 1. The molecule has 7 heteroatoms. The highest BCUT2D eigenvalue weighted by Gasteiger charge is 2.38. The van der Waals surface area contributed by atoms with E-state index in [9.17, 15) is 4.79 Å². The summed E-state index contributed by atoms with van der Waals surface area (Å²) in [6.07, 6.45) is 2.21. The van der Waals surface area contributed by atoms with Gasteiger partial charge in [-0.15, -0.1) is 5.10 Å². The number of nitrogens with zero attached hydrogens (tertiary/aromatic N) is 3. The fourth-order valence-electron chi connectivity index (χ4n) is 3.88. The maximum absolute atomic E-state index is 12.8. The van der Waals surface area contributed by atoms with Crippen LogP contribution in [0.3, 0.4) is 0 Å². The Morgan fingerprint density at radius 3 is 2.71 bits per heavy atom. The zero-order valence-electron chi connectivity index (χ0n) is 15.7. The number of Topliss-reactive ketones (excluding diaryl/α,β-unsaturated/α-hetero) is 1. The van der Waals surface area contributed by atoms with Crippen LogP contribution in [-0.2, 0) is 4.79 Å². The van der Waals surface area contributed by atoms with Crippen LogP contribution in [0.2, 0.25) is 0 Å². The van der Waals surface area contributed by atoms with Crippen LogP contribution in [0.15, 0.2) is 52.1 Å². The van der Waals surface area contributed by atoms with Crippen LogP contribution in [0.5, 0.6) is 5.75 Å². The molecule has 142 valence electrons. The summed E-state index contributed by atoms with van der Waals surface area (Å²) in [5, 5.41) is 8.06. The third-order valence-electron chi connectivity index (χ3n) is 5.25. The lowest BCUT2D eigenvalue weighted by Gasteiger charge is -2.30. The first-order valence-electron chi connectivity index (χ1n) is 9.34. The molecule has 2 aliphatic rings. The largest absolute Gasteiger partial charge is 0.497 e. The number of benzene rings is 1. The minimum atomic E-state index is -0.396. The number of aryl methyl sites for hydroxylation is 1. The normalized spacial score (nSPS) is 18.5. The summed E-state index contributed by atoms with van der Waals surface area (Å²) < 4.78 is 12.9. The van der Waals surface area contributed by atoms with Gasteiger partial charge in [0.1, 0.15) is 23.3 Å². The van der Waals surface area contributed by atoms with Crippen LogP contribution in [-0.4, -0.2) is 27.7 Å². The van der Waals surface area contributed by atoms with E-state index < -0.39 is 6.04 Å². The van der Waals surface area contributed by atoms with Crippen LogP contribution in [0.1, 0.15) is 36.8 Å². The van der Waals surface area contributed by atoms with E-state index in [1.54, 1.807) is 11.8 Å². The highest BCUT2D eigenvalue weighted by atomic mass is 16.5. The number of ether oxygens (including phenoxy) is 1. The molecule has 0 amide bonds. The molecule has 3 heterocycles. The lowest BCUT2D eigenvalue weighted by molar-refractivity contribution is -0.116.